The van der Waals surface area contributed by atoms with E-state index in [0.717, 1.165) is 36.6 Å². The summed E-state index contributed by atoms with van der Waals surface area (Å²) in [6.07, 6.45) is 1.90. The maximum absolute atomic E-state index is 12.0. The van der Waals surface area contributed by atoms with E-state index in [9.17, 15) is 4.79 Å². The number of fused-ring (bicyclic) bond motifs is 1. The molecule has 0 aliphatic heterocycles. The van der Waals surface area contributed by atoms with E-state index < -0.39 is 0 Å². The van der Waals surface area contributed by atoms with Crippen molar-refractivity contribution in [2.45, 2.75) is 26.3 Å². The van der Waals surface area contributed by atoms with Gasteiger partial charge in [-0.15, -0.1) is 0 Å². The van der Waals surface area contributed by atoms with Crippen LogP contribution in [0.1, 0.15) is 24.0 Å². The van der Waals surface area contributed by atoms with Crippen LogP contribution in [0.3, 0.4) is 0 Å². The van der Waals surface area contributed by atoms with Gasteiger partial charge < -0.3 is 10.2 Å². The standard InChI is InChI=1S/C13H21N5OS/c1-4-11-16-18-12(19)8-10(15-13(18)20-11)9-17(3)7-5-6-14-2/h8,14H,4-7,9H2,1-3H3. The van der Waals surface area contributed by atoms with Gasteiger partial charge in [0.15, 0.2) is 0 Å². The molecule has 2 aromatic heterocycles. The molecule has 110 valence electrons. The third-order valence-corrected chi connectivity index (χ3v) is 4.09. The molecule has 0 radical (unpaired) electrons. The summed E-state index contributed by atoms with van der Waals surface area (Å²) in [6, 6.07) is 1.58. The van der Waals surface area contributed by atoms with Gasteiger partial charge >= 0.3 is 0 Å². The van der Waals surface area contributed by atoms with E-state index in [1.807, 2.05) is 21.0 Å². The highest BCUT2D eigenvalue weighted by Crippen LogP contribution is 2.12. The van der Waals surface area contributed by atoms with Crippen LogP contribution in [-0.4, -0.2) is 46.7 Å². The summed E-state index contributed by atoms with van der Waals surface area (Å²) in [5.74, 6) is 0. The highest BCUT2D eigenvalue weighted by atomic mass is 32.1. The van der Waals surface area contributed by atoms with E-state index in [4.69, 9.17) is 0 Å². The Hall–Kier alpha value is -1.31. The van der Waals surface area contributed by atoms with Gasteiger partial charge in [0.25, 0.3) is 5.56 Å². The van der Waals surface area contributed by atoms with Gasteiger partial charge in [0.05, 0.1) is 5.69 Å². The summed E-state index contributed by atoms with van der Waals surface area (Å²) in [7, 11) is 3.99. The van der Waals surface area contributed by atoms with Crippen LogP contribution in [0.5, 0.6) is 0 Å². The Morgan fingerprint density at radius 1 is 1.50 bits per heavy atom. The molecule has 20 heavy (non-hydrogen) atoms. The van der Waals surface area contributed by atoms with Crippen molar-refractivity contribution < 1.29 is 0 Å². The predicted molar refractivity (Wildman–Crippen MR) is 81.4 cm³/mol. The molecule has 2 heterocycles. The smallest absolute Gasteiger partial charge is 0.275 e. The average Bonchev–Trinajstić information content (AvgIpc) is 2.82. The van der Waals surface area contributed by atoms with Crippen molar-refractivity contribution >= 4 is 16.3 Å². The molecule has 0 aromatic carbocycles. The molecule has 2 rings (SSSR count). The van der Waals surface area contributed by atoms with E-state index in [2.05, 4.69) is 20.3 Å². The first-order chi connectivity index (χ1) is 9.63. The van der Waals surface area contributed by atoms with Crippen LogP contribution in [0, 0.1) is 0 Å². The summed E-state index contributed by atoms with van der Waals surface area (Å²) in [5, 5.41) is 8.32. The first-order valence-electron chi connectivity index (χ1n) is 6.86. The zero-order chi connectivity index (χ0) is 14.5. The second-order valence-electron chi connectivity index (χ2n) is 4.82. The largest absolute Gasteiger partial charge is 0.320 e. The van der Waals surface area contributed by atoms with Crippen LogP contribution in [0.2, 0.25) is 0 Å². The molecule has 0 amide bonds. The fraction of sp³-hybridized carbons (Fsp3) is 0.615. The van der Waals surface area contributed by atoms with E-state index in [-0.39, 0.29) is 5.56 Å². The minimum Gasteiger partial charge on any atom is -0.320 e. The molecule has 0 fully saturated rings. The normalized spacial score (nSPS) is 11.6. The van der Waals surface area contributed by atoms with Crippen LogP contribution in [0.4, 0.5) is 0 Å². The Labute approximate surface area is 122 Å². The quantitative estimate of drug-likeness (QED) is 0.764. The second kappa shape index (κ2) is 6.92. The lowest BCUT2D eigenvalue weighted by molar-refractivity contribution is 0.317. The maximum atomic E-state index is 12.0. The predicted octanol–water partition coefficient (Wildman–Crippen LogP) is 0.755. The third-order valence-electron chi connectivity index (χ3n) is 3.04. The van der Waals surface area contributed by atoms with Crippen LogP contribution in [0.25, 0.3) is 4.96 Å². The summed E-state index contributed by atoms with van der Waals surface area (Å²) in [6.45, 7) is 4.69. The Balaban J connectivity index is 2.12. The van der Waals surface area contributed by atoms with Crippen molar-refractivity contribution in [2.75, 3.05) is 27.2 Å². The molecule has 0 spiro atoms. The maximum Gasteiger partial charge on any atom is 0.275 e. The first-order valence-corrected chi connectivity index (χ1v) is 7.67. The summed E-state index contributed by atoms with van der Waals surface area (Å²) < 4.78 is 1.40. The van der Waals surface area contributed by atoms with Crippen molar-refractivity contribution in [2.24, 2.45) is 0 Å². The van der Waals surface area contributed by atoms with Gasteiger partial charge in [-0.1, -0.05) is 18.3 Å². The van der Waals surface area contributed by atoms with Gasteiger partial charge in [-0.2, -0.15) is 9.61 Å². The zero-order valence-electron chi connectivity index (χ0n) is 12.2. The molecule has 0 bridgehead atoms. The fourth-order valence-electron chi connectivity index (χ4n) is 2.00. The highest BCUT2D eigenvalue weighted by molar-refractivity contribution is 7.16. The minimum atomic E-state index is -0.0930. The van der Waals surface area contributed by atoms with E-state index in [1.54, 1.807) is 6.07 Å². The van der Waals surface area contributed by atoms with Crippen LogP contribution >= 0.6 is 11.3 Å². The number of hydrogen-bond donors (Lipinski definition) is 1. The van der Waals surface area contributed by atoms with Crippen molar-refractivity contribution in [3.8, 4) is 0 Å². The average molecular weight is 295 g/mol. The monoisotopic (exact) mass is 295 g/mol. The van der Waals surface area contributed by atoms with Gasteiger partial charge in [-0.3, -0.25) is 4.79 Å². The van der Waals surface area contributed by atoms with Crippen LogP contribution < -0.4 is 10.9 Å². The number of aryl methyl sites for hydroxylation is 1. The number of aromatic nitrogens is 3. The highest BCUT2D eigenvalue weighted by Gasteiger charge is 2.09. The summed E-state index contributed by atoms with van der Waals surface area (Å²) in [4.78, 5) is 19.4. The van der Waals surface area contributed by atoms with E-state index in [1.165, 1.54) is 15.9 Å². The van der Waals surface area contributed by atoms with Crippen molar-refractivity contribution in [1.82, 2.24) is 24.8 Å². The van der Waals surface area contributed by atoms with Crippen LogP contribution in [0.15, 0.2) is 10.9 Å². The molecular formula is C13H21N5OS. The first kappa shape index (κ1) is 15.1. The van der Waals surface area contributed by atoms with Gasteiger partial charge in [0, 0.05) is 12.6 Å². The fourth-order valence-corrected chi connectivity index (χ4v) is 2.86. The van der Waals surface area contributed by atoms with Crippen LogP contribution in [-0.2, 0) is 13.0 Å². The van der Waals surface area contributed by atoms with Crippen molar-refractivity contribution in [3.05, 3.63) is 27.1 Å². The lowest BCUT2D eigenvalue weighted by atomic mass is 10.3. The molecule has 1 N–H and O–H groups in total. The minimum absolute atomic E-state index is 0.0930. The Kier molecular flexibility index (Phi) is 5.22. The Bertz CT molecular complexity index is 621. The van der Waals surface area contributed by atoms with Gasteiger partial charge in [0.2, 0.25) is 4.96 Å². The Morgan fingerprint density at radius 3 is 3.00 bits per heavy atom. The Morgan fingerprint density at radius 2 is 2.30 bits per heavy atom. The molecule has 0 unspecified atom stereocenters. The molecule has 0 aliphatic rings. The van der Waals surface area contributed by atoms with Crippen molar-refractivity contribution in [3.63, 3.8) is 0 Å². The van der Waals surface area contributed by atoms with E-state index in [0.29, 0.717) is 11.5 Å². The molecule has 0 atom stereocenters. The lowest BCUT2D eigenvalue weighted by Crippen LogP contribution is -2.24. The van der Waals surface area contributed by atoms with Gasteiger partial charge in [0.1, 0.15) is 5.01 Å². The van der Waals surface area contributed by atoms with Crippen molar-refractivity contribution in [1.29, 1.82) is 0 Å². The second-order valence-corrected chi connectivity index (χ2v) is 5.86. The molecule has 0 saturated heterocycles. The summed E-state index contributed by atoms with van der Waals surface area (Å²) >= 11 is 1.49. The number of rotatable bonds is 7. The third kappa shape index (κ3) is 3.62. The SMILES string of the molecule is CCc1nn2c(=O)cc(CN(C)CCCNC)nc2s1. The molecule has 6 nitrogen and oxygen atoms in total. The zero-order valence-corrected chi connectivity index (χ0v) is 13.0. The van der Waals surface area contributed by atoms with Gasteiger partial charge in [-0.25, -0.2) is 4.98 Å². The molecule has 7 heteroatoms. The molecule has 2 aromatic rings. The number of nitrogens with one attached hydrogen (secondary N) is 1. The molecule has 0 aliphatic carbocycles. The number of hydrogen-bond acceptors (Lipinski definition) is 6. The topological polar surface area (TPSA) is 62.5 Å². The number of nitrogens with zero attached hydrogens (tertiary/aromatic N) is 4. The molecule has 0 saturated carbocycles. The van der Waals surface area contributed by atoms with Gasteiger partial charge in [-0.05, 0) is 40.0 Å². The lowest BCUT2D eigenvalue weighted by Gasteiger charge is -2.15. The summed E-state index contributed by atoms with van der Waals surface area (Å²) in [5.41, 5.74) is 0.720. The molecular weight excluding hydrogens is 274 g/mol. The van der Waals surface area contributed by atoms with E-state index >= 15 is 0 Å².